The van der Waals surface area contributed by atoms with Crippen molar-refractivity contribution in [1.82, 2.24) is 18.9 Å². The fraction of sp³-hybridized carbons (Fsp3) is 0.500. The lowest BCUT2D eigenvalue weighted by Gasteiger charge is -2.20. The lowest BCUT2D eigenvalue weighted by Crippen LogP contribution is -2.35. The molecule has 27 heavy (non-hydrogen) atoms. The van der Waals surface area contributed by atoms with Gasteiger partial charge in [0.05, 0.1) is 16.6 Å². The standard InChI is InChI=1S/C22H28N4O/c1-23-10-5-11-25(13-12-23)22(27)20-14-19-21(24(20)2)17-6-3-4-7-18(17)26(19)15-16-8-9-16/h3-4,6-7,14,16H,5,8-13,15H2,1-2H3. The van der Waals surface area contributed by atoms with Crippen molar-refractivity contribution in [3.63, 3.8) is 0 Å². The Morgan fingerprint density at radius 2 is 1.85 bits per heavy atom. The van der Waals surface area contributed by atoms with E-state index in [1.54, 1.807) is 0 Å². The van der Waals surface area contributed by atoms with E-state index in [0.717, 1.165) is 50.8 Å². The molecule has 1 aromatic carbocycles. The highest BCUT2D eigenvalue weighted by Crippen LogP contribution is 2.37. The molecular formula is C22H28N4O. The molecule has 2 aromatic heterocycles. The third kappa shape index (κ3) is 2.85. The summed E-state index contributed by atoms with van der Waals surface area (Å²) in [7, 11) is 4.19. The van der Waals surface area contributed by atoms with Gasteiger partial charge in [-0.15, -0.1) is 0 Å². The highest BCUT2D eigenvalue weighted by molar-refractivity contribution is 6.10. The highest BCUT2D eigenvalue weighted by Gasteiger charge is 2.27. The molecule has 3 aromatic rings. The average molecular weight is 364 g/mol. The first-order chi connectivity index (χ1) is 13.1. The van der Waals surface area contributed by atoms with Gasteiger partial charge in [0, 0.05) is 38.6 Å². The molecule has 2 aliphatic rings. The second-order valence-corrected chi connectivity index (χ2v) is 8.34. The van der Waals surface area contributed by atoms with E-state index >= 15 is 0 Å². The fourth-order valence-corrected chi connectivity index (χ4v) is 4.52. The molecule has 5 heteroatoms. The molecule has 0 N–H and O–H groups in total. The summed E-state index contributed by atoms with van der Waals surface area (Å²) in [5, 5.41) is 1.25. The minimum absolute atomic E-state index is 0.172. The SMILES string of the molecule is CN1CCCN(C(=O)c2cc3c(c4ccccc4n3CC3CC3)n2C)CC1. The number of likely N-dealkylation sites (N-methyl/N-ethyl adjacent to an activating group) is 1. The van der Waals surface area contributed by atoms with E-state index in [-0.39, 0.29) is 5.91 Å². The van der Waals surface area contributed by atoms with Gasteiger partial charge >= 0.3 is 0 Å². The van der Waals surface area contributed by atoms with Crippen molar-refractivity contribution < 1.29 is 4.79 Å². The van der Waals surface area contributed by atoms with Gasteiger partial charge in [-0.1, -0.05) is 18.2 Å². The number of rotatable bonds is 3. The van der Waals surface area contributed by atoms with Crippen molar-refractivity contribution >= 4 is 27.8 Å². The van der Waals surface area contributed by atoms with Crippen LogP contribution in [0.25, 0.3) is 21.9 Å². The predicted molar refractivity (Wildman–Crippen MR) is 109 cm³/mol. The Bertz CT molecular complexity index is 1010. The summed E-state index contributed by atoms with van der Waals surface area (Å²) in [5.74, 6) is 0.968. The second-order valence-electron chi connectivity index (χ2n) is 8.34. The van der Waals surface area contributed by atoms with E-state index in [2.05, 4.69) is 51.4 Å². The zero-order valence-corrected chi connectivity index (χ0v) is 16.3. The van der Waals surface area contributed by atoms with Gasteiger partial charge in [-0.05, 0) is 50.9 Å². The number of fused-ring (bicyclic) bond motifs is 3. The van der Waals surface area contributed by atoms with Crippen molar-refractivity contribution in [1.29, 1.82) is 0 Å². The Labute approximate surface area is 160 Å². The summed E-state index contributed by atoms with van der Waals surface area (Å²) in [6.07, 6.45) is 3.70. The molecule has 3 heterocycles. The topological polar surface area (TPSA) is 33.4 Å². The van der Waals surface area contributed by atoms with Crippen LogP contribution in [-0.2, 0) is 13.6 Å². The van der Waals surface area contributed by atoms with E-state index < -0.39 is 0 Å². The maximum Gasteiger partial charge on any atom is 0.270 e. The summed E-state index contributed by atoms with van der Waals surface area (Å²) in [6.45, 7) is 4.74. The average Bonchev–Trinajstić information content (AvgIpc) is 3.40. The smallest absolute Gasteiger partial charge is 0.270 e. The van der Waals surface area contributed by atoms with Gasteiger partial charge in [0.1, 0.15) is 5.69 Å². The molecule has 2 fully saturated rings. The van der Waals surface area contributed by atoms with E-state index in [0.29, 0.717) is 0 Å². The molecule has 0 atom stereocenters. The molecule has 5 nitrogen and oxygen atoms in total. The maximum atomic E-state index is 13.3. The van der Waals surface area contributed by atoms with Gasteiger partial charge in [-0.2, -0.15) is 0 Å². The van der Waals surface area contributed by atoms with Gasteiger partial charge in [0.25, 0.3) is 5.91 Å². The van der Waals surface area contributed by atoms with Crippen molar-refractivity contribution in [2.45, 2.75) is 25.8 Å². The Kier molecular flexibility index (Phi) is 4.01. The zero-order chi connectivity index (χ0) is 18.5. The van der Waals surface area contributed by atoms with E-state index in [1.807, 2.05) is 11.9 Å². The molecular weight excluding hydrogens is 336 g/mol. The van der Waals surface area contributed by atoms with Gasteiger partial charge < -0.3 is 18.9 Å². The van der Waals surface area contributed by atoms with Crippen LogP contribution in [0.2, 0.25) is 0 Å². The van der Waals surface area contributed by atoms with Crippen LogP contribution in [0.4, 0.5) is 0 Å². The summed E-state index contributed by atoms with van der Waals surface area (Å²) in [4.78, 5) is 17.7. The molecule has 1 aliphatic heterocycles. The molecule has 5 rings (SSSR count). The number of amides is 1. The molecule has 0 bridgehead atoms. The number of hydrogen-bond acceptors (Lipinski definition) is 2. The summed E-state index contributed by atoms with van der Waals surface area (Å²) in [6, 6.07) is 10.8. The quantitative estimate of drug-likeness (QED) is 0.714. The van der Waals surface area contributed by atoms with Crippen LogP contribution in [-0.4, -0.2) is 58.1 Å². The van der Waals surface area contributed by atoms with Crippen molar-refractivity contribution in [3.8, 4) is 0 Å². The van der Waals surface area contributed by atoms with Crippen LogP contribution in [0, 0.1) is 5.92 Å². The van der Waals surface area contributed by atoms with Crippen molar-refractivity contribution in [3.05, 3.63) is 36.0 Å². The lowest BCUT2D eigenvalue weighted by atomic mass is 10.2. The zero-order valence-electron chi connectivity index (χ0n) is 16.3. The van der Waals surface area contributed by atoms with Crippen LogP contribution >= 0.6 is 0 Å². The maximum absolute atomic E-state index is 13.3. The Hall–Kier alpha value is -2.27. The molecule has 142 valence electrons. The molecule has 0 spiro atoms. The fourth-order valence-electron chi connectivity index (χ4n) is 4.52. The van der Waals surface area contributed by atoms with E-state index in [4.69, 9.17) is 0 Å². The summed E-state index contributed by atoms with van der Waals surface area (Å²) < 4.78 is 4.56. The van der Waals surface area contributed by atoms with Crippen LogP contribution in [0.5, 0.6) is 0 Å². The first-order valence-corrected chi connectivity index (χ1v) is 10.2. The predicted octanol–water partition coefficient (Wildman–Crippen LogP) is 3.32. The van der Waals surface area contributed by atoms with Crippen molar-refractivity contribution in [2.24, 2.45) is 13.0 Å². The monoisotopic (exact) mass is 364 g/mol. The number of para-hydroxylation sites is 1. The van der Waals surface area contributed by atoms with Crippen LogP contribution < -0.4 is 0 Å². The number of benzene rings is 1. The number of carbonyl (C=O) groups is 1. The molecule has 0 unspecified atom stereocenters. The normalized spacial score (nSPS) is 19.1. The summed E-state index contributed by atoms with van der Waals surface area (Å²) >= 11 is 0. The number of nitrogens with zero attached hydrogens (tertiary/aromatic N) is 4. The van der Waals surface area contributed by atoms with Crippen LogP contribution in [0.1, 0.15) is 29.8 Å². The first-order valence-electron chi connectivity index (χ1n) is 10.2. The lowest BCUT2D eigenvalue weighted by molar-refractivity contribution is 0.0754. The van der Waals surface area contributed by atoms with E-state index in [1.165, 1.54) is 34.8 Å². The number of aryl methyl sites for hydroxylation is 1. The molecule has 1 saturated heterocycles. The Balaban J connectivity index is 1.59. The molecule has 1 amide bonds. The summed E-state index contributed by atoms with van der Waals surface area (Å²) in [5.41, 5.74) is 4.52. The second kappa shape index (κ2) is 6.41. The number of hydrogen-bond donors (Lipinski definition) is 0. The largest absolute Gasteiger partial charge is 0.339 e. The Morgan fingerprint density at radius 1 is 1.04 bits per heavy atom. The van der Waals surface area contributed by atoms with Gasteiger partial charge in [0.2, 0.25) is 0 Å². The van der Waals surface area contributed by atoms with Crippen LogP contribution in [0.3, 0.4) is 0 Å². The first kappa shape index (κ1) is 16.9. The third-order valence-electron chi connectivity index (χ3n) is 6.32. The minimum atomic E-state index is 0.172. The van der Waals surface area contributed by atoms with Gasteiger partial charge in [-0.25, -0.2) is 0 Å². The number of carbonyl (C=O) groups excluding carboxylic acids is 1. The van der Waals surface area contributed by atoms with Crippen LogP contribution in [0.15, 0.2) is 30.3 Å². The van der Waals surface area contributed by atoms with Gasteiger partial charge in [0.15, 0.2) is 0 Å². The highest BCUT2D eigenvalue weighted by atomic mass is 16.2. The number of aromatic nitrogens is 2. The third-order valence-corrected chi connectivity index (χ3v) is 6.32. The Morgan fingerprint density at radius 3 is 2.67 bits per heavy atom. The molecule has 1 saturated carbocycles. The van der Waals surface area contributed by atoms with E-state index in [9.17, 15) is 4.79 Å². The minimum Gasteiger partial charge on any atom is -0.339 e. The van der Waals surface area contributed by atoms with Gasteiger partial charge in [-0.3, -0.25) is 4.79 Å². The molecule has 0 radical (unpaired) electrons. The molecule has 1 aliphatic carbocycles. The van der Waals surface area contributed by atoms with Crippen molar-refractivity contribution in [2.75, 3.05) is 33.2 Å².